The molecule has 1 spiro atoms. The predicted molar refractivity (Wildman–Crippen MR) is 49.3 cm³/mol. The number of ether oxygens (including phenoxy) is 1. The van der Waals surface area contributed by atoms with Gasteiger partial charge in [0.15, 0.2) is 0 Å². The molecule has 5 nitrogen and oxygen atoms in total. The smallest absolute Gasteiger partial charge is 0.362 e. The lowest BCUT2D eigenvalue weighted by Crippen LogP contribution is -2.08. The molecule has 1 atom stereocenters. The molecular formula is C10H12N2O3. The van der Waals surface area contributed by atoms with Gasteiger partial charge in [-0.05, 0) is 36.8 Å². The molecule has 1 aromatic heterocycles. The summed E-state index contributed by atoms with van der Waals surface area (Å²) in [4.78, 5) is 11.5. The molecule has 1 heterocycles. The first-order valence-corrected chi connectivity index (χ1v) is 5.26. The second-order valence-electron chi connectivity index (χ2n) is 4.34. The molecule has 2 aliphatic carbocycles. The summed E-state index contributed by atoms with van der Waals surface area (Å²) < 4.78 is 9.53. The van der Waals surface area contributed by atoms with Gasteiger partial charge >= 0.3 is 5.97 Å². The van der Waals surface area contributed by atoms with Crippen molar-refractivity contribution in [2.24, 2.45) is 5.41 Å². The number of esters is 1. The first kappa shape index (κ1) is 8.88. The van der Waals surface area contributed by atoms with Crippen LogP contribution in [0.15, 0.2) is 4.63 Å². The molecule has 2 aliphatic rings. The molecular weight excluding hydrogens is 196 g/mol. The zero-order chi connectivity index (χ0) is 10.5. The summed E-state index contributed by atoms with van der Waals surface area (Å²) in [5, 5.41) is 7.46. The lowest BCUT2D eigenvalue weighted by molar-refractivity contribution is 0.0513. The lowest BCUT2D eigenvalue weighted by atomic mass is 10.2. The Hall–Kier alpha value is -1.39. The Balaban J connectivity index is 1.83. The highest BCUT2D eigenvalue weighted by atomic mass is 16.6. The summed E-state index contributed by atoms with van der Waals surface area (Å²) in [5.74, 6) is -0.0420. The maximum absolute atomic E-state index is 11.5. The Labute approximate surface area is 86.8 Å². The van der Waals surface area contributed by atoms with Crippen molar-refractivity contribution in [1.29, 1.82) is 0 Å². The highest BCUT2D eigenvalue weighted by Gasteiger charge is 2.65. The first-order valence-electron chi connectivity index (χ1n) is 5.26. The van der Waals surface area contributed by atoms with Crippen LogP contribution in [0.4, 0.5) is 0 Å². The van der Waals surface area contributed by atoms with Gasteiger partial charge in [-0.25, -0.2) is 9.42 Å². The van der Waals surface area contributed by atoms with Crippen molar-refractivity contribution in [2.75, 3.05) is 6.61 Å². The largest absolute Gasteiger partial charge is 0.461 e. The van der Waals surface area contributed by atoms with Crippen LogP contribution in [-0.2, 0) is 4.74 Å². The van der Waals surface area contributed by atoms with Crippen molar-refractivity contribution in [1.82, 2.24) is 10.3 Å². The van der Waals surface area contributed by atoms with Gasteiger partial charge in [-0.2, -0.15) is 0 Å². The maximum atomic E-state index is 11.5. The van der Waals surface area contributed by atoms with Gasteiger partial charge in [0.05, 0.1) is 6.61 Å². The quantitative estimate of drug-likeness (QED) is 0.704. The highest BCUT2D eigenvalue weighted by Crippen LogP contribution is 2.74. The number of aromatic nitrogens is 2. The normalized spacial score (nSPS) is 25.3. The summed E-state index contributed by atoms with van der Waals surface area (Å²) in [6, 6.07) is 0. The third-order valence-electron chi connectivity index (χ3n) is 3.39. The average Bonchev–Trinajstić information content (AvgIpc) is 3.10. The molecule has 15 heavy (non-hydrogen) atoms. The molecule has 1 aromatic rings. The maximum Gasteiger partial charge on any atom is 0.362 e. The van der Waals surface area contributed by atoms with Crippen molar-refractivity contribution < 1.29 is 14.2 Å². The number of carbonyl (C=O) groups is 1. The van der Waals surface area contributed by atoms with Crippen LogP contribution in [0.5, 0.6) is 0 Å². The third kappa shape index (κ3) is 1.26. The average molecular weight is 208 g/mol. The Morgan fingerprint density at radius 3 is 3.00 bits per heavy atom. The van der Waals surface area contributed by atoms with Gasteiger partial charge in [0, 0.05) is 5.92 Å². The second-order valence-corrected chi connectivity index (χ2v) is 4.34. The van der Waals surface area contributed by atoms with Crippen LogP contribution < -0.4 is 0 Å². The van der Waals surface area contributed by atoms with E-state index in [2.05, 4.69) is 14.9 Å². The Morgan fingerprint density at radius 2 is 2.40 bits per heavy atom. The molecule has 0 bridgehead atoms. The van der Waals surface area contributed by atoms with E-state index in [1.54, 1.807) is 6.92 Å². The summed E-state index contributed by atoms with van der Waals surface area (Å²) >= 11 is 0. The minimum Gasteiger partial charge on any atom is -0.461 e. The van der Waals surface area contributed by atoms with Crippen LogP contribution in [0, 0.1) is 5.41 Å². The molecule has 0 aliphatic heterocycles. The molecule has 5 heteroatoms. The van der Waals surface area contributed by atoms with Crippen molar-refractivity contribution in [3.8, 4) is 0 Å². The van der Waals surface area contributed by atoms with Crippen LogP contribution in [0.2, 0.25) is 0 Å². The Bertz CT molecular complexity index is 409. The highest BCUT2D eigenvalue weighted by molar-refractivity contribution is 5.88. The lowest BCUT2D eigenvalue weighted by Gasteiger charge is -1.98. The number of nitrogens with zero attached hydrogens (tertiary/aromatic N) is 2. The van der Waals surface area contributed by atoms with E-state index in [0.29, 0.717) is 23.6 Å². The zero-order valence-electron chi connectivity index (χ0n) is 8.52. The van der Waals surface area contributed by atoms with E-state index in [1.165, 1.54) is 12.8 Å². The van der Waals surface area contributed by atoms with E-state index in [-0.39, 0.29) is 5.69 Å². The van der Waals surface area contributed by atoms with Crippen molar-refractivity contribution in [3.63, 3.8) is 0 Å². The zero-order valence-corrected chi connectivity index (χ0v) is 8.52. The number of hydrogen-bond acceptors (Lipinski definition) is 5. The van der Waals surface area contributed by atoms with Crippen LogP contribution >= 0.6 is 0 Å². The van der Waals surface area contributed by atoms with E-state index >= 15 is 0 Å². The van der Waals surface area contributed by atoms with Crippen molar-refractivity contribution in [3.05, 3.63) is 11.4 Å². The number of carbonyl (C=O) groups excluding carboxylic acids is 1. The van der Waals surface area contributed by atoms with E-state index in [4.69, 9.17) is 4.74 Å². The second kappa shape index (κ2) is 2.81. The van der Waals surface area contributed by atoms with Gasteiger partial charge < -0.3 is 4.74 Å². The number of hydrogen-bond donors (Lipinski definition) is 0. The third-order valence-corrected chi connectivity index (χ3v) is 3.39. The van der Waals surface area contributed by atoms with Crippen LogP contribution in [-0.4, -0.2) is 22.9 Å². The molecule has 0 saturated heterocycles. The van der Waals surface area contributed by atoms with Gasteiger partial charge in [-0.3, -0.25) is 0 Å². The molecule has 2 fully saturated rings. The van der Waals surface area contributed by atoms with E-state index in [9.17, 15) is 4.79 Å². The van der Waals surface area contributed by atoms with Crippen LogP contribution in [0.3, 0.4) is 0 Å². The topological polar surface area (TPSA) is 65.2 Å². The van der Waals surface area contributed by atoms with Gasteiger partial charge in [0.1, 0.15) is 5.69 Å². The molecule has 3 rings (SSSR count). The Kier molecular flexibility index (Phi) is 1.66. The van der Waals surface area contributed by atoms with E-state index in [1.807, 2.05) is 0 Å². The first-order chi connectivity index (χ1) is 7.27. The standard InChI is InChI=1S/C10H12N2O3/c1-2-14-9(13)8-7(11-15-12-8)6-5-10(6)3-4-10/h6H,2-5H2,1H3. The predicted octanol–water partition coefficient (Wildman–Crippen LogP) is 1.51. The van der Waals surface area contributed by atoms with Crippen molar-refractivity contribution in [2.45, 2.75) is 32.1 Å². The molecule has 80 valence electrons. The minimum absolute atomic E-state index is 0.269. The molecule has 0 aromatic carbocycles. The van der Waals surface area contributed by atoms with Gasteiger partial charge in [0.25, 0.3) is 0 Å². The van der Waals surface area contributed by atoms with E-state index < -0.39 is 5.97 Å². The van der Waals surface area contributed by atoms with Gasteiger partial charge in [-0.1, -0.05) is 5.16 Å². The monoisotopic (exact) mass is 208 g/mol. The fourth-order valence-corrected chi connectivity index (χ4v) is 2.21. The summed E-state index contributed by atoms with van der Waals surface area (Å²) in [5.41, 5.74) is 1.41. The molecule has 1 unspecified atom stereocenters. The van der Waals surface area contributed by atoms with Crippen LogP contribution in [0.1, 0.15) is 48.3 Å². The molecule has 0 radical (unpaired) electrons. The number of rotatable bonds is 3. The fourth-order valence-electron chi connectivity index (χ4n) is 2.21. The van der Waals surface area contributed by atoms with Crippen molar-refractivity contribution >= 4 is 5.97 Å². The molecule has 0 amide bonds. The van der Waals surface area contributed by atoms with Gasteiger partial charge in [0.2, 0.25) is 5.69 Å². The molecule has 2 saturated carbocycles. The Morgan fingerprint density at radius 1 is 1.60 bits per heavy atom. The summed E-state index contributed by atoms with van der Waals surface area (Å²) in [7, 11) is 0. The minimum atomic E-state index is -0.420. The van der Waals surface area contributed by atoms with E-state index in [0.717, 1.165) is 6.42 Å². The van der Waals surface area contributed by atoms with Crippen LogP contribution in [0.25, 0.3) is 0 Å². The summed E-state index contributed by atoms with van der Waals surface area (Å²) in [6.45, 7) is 2.12. The SMILES string of the molecule is CCOC(=O)c1nonc1C1CC12CC2. The van der Waals surface area contributed by atoms with Gasteiger partial charge in [-0.15, -0.1) is 0 Å². The fraction of sp³-hybridized carbons (Fsp3) is 0.700. The summed E-state index contributed by atoms with van der Waals surface area (Å²) in [6.07, 6.45) is 3.60. The molecule has 0 N–H and O–H groups in total.